The van der Waals surface area contributed by atoms with E-state index in [0.29, 0.717) is 19.3 Å². The van der Waals surface area contributed by atoms with Gasteiger partial charge in [-0.3, -0.25) is 14.4 Å². The number of unbranched alkanes of at least 4 members (excludes halogenated alkanes) is 59. The van der Waals surface area contributed by atoms with Crippen LogP contribution >= 0.6 is 0 Å². The first-order valence-corrected chi connectivity index (χ1v) is 38.2. The summed E-state index contributed by atoms with van der Waals surface area (Å²) in [4.78, 5) is 38.5. The third-order valence-electron chi connectivity index (χ3n) is 17.8. The molecular formula is C77H148O6. The van der Waals surface area contributed by atoms with Crippen LogP contribution in [-0.2, 0) is 28.6 Å². The third-order valence-corrected chi connectivity index (χ3v) is 17.8. The minimum Gasteiger partial charge on any atom is -0.462 e. The number of esters is 3. The van der Waals surface area contributed by atoms with E-state index in [1.165, 1.54) is 347 Å². The van der Waals surface area contributed by atoms with Crippen molar-refractivity contribution < 1.29 is 28.6 Å². The number of carbonyl (C=O) groups excluding carboxylic acids is 3. The highest BCUT2D eigenvalue weighted by Gasteiger charge is 2.20. The lowest BCUT2D eigenvalue weighted by Crippen LogP contribution is -2.30. The Kier molecular flexibility index (Phi) is 71.0. The number of hydrogen-bond acceptors (Lipinski definition) is 6. The fourth-order valence-corrected chi connectivity index (χ4v) is 12.0. The van der Waals surface area contributed by atoms with Crippen molar-refractivity contribution in [2.75, 3.05) is 13.2 Å². The van der Waals surface area contributed by atoms with Gasteiger partial charge < -0.3 is 14.2 Å². The van der Waals surface area contributed by atoms with E-state index in [1.54, 1.807) is 0 Å². The van der Waals surface area contributed by atoms with Gasteiger partial charge in [0, 0.05) is 19.3 Å². The van der Waals surface area contributed by atoms with E-state index in [4.69, 9.17) is 14.2 Å². The molecule has 0 saturated carbocycles. The van der Waals surface area contributed by atoms with Gasteiger partial charge in [0.05, 0.1) is 0 Å². The van der Waals surface area contributed by atoms with Gasteiger partial charge in [-0.25, -0.2) is 0 Å². The Balaban J connectivity index is 4.21. The van der Waals surface area contributed by atoms with E-state index in [2.05, 4.69) is 32.9 Å². The molecule has 1 unspecified atom stereocenters. The predicted molar refractivity (Wildman–Crippen MR) is 363 cm³/mol. The number of hydrogen-bond donors (Lipinski definition) is 0. The van der Waals surface area contributed by atoms with Gasteiger partial charge in [0.15, 0.2) is 6.10 Å². The topological polar surface area (TPSA) is 78.9 Å². The molecule has 83 heavy (non-hydrogen) atoms. The smallest absolute Gasteiger partial charge is 0.306 e. The van der Waals surface area contributed by atoms with Crippen molar-refractivity contribution in [1.82, 2.24) is 0 Å². The van der Waals surface area contributed by atoms with Gasteiger partial charge in [-0.2, -0.15) is 0 Å². The maximum absolute atomic E-state index is 13.0. The van der Waals surface area contributed by atoms with Gasteiger partial charge in [0.1, 0.15) is 13.2 Å². The van der Waals surface area contributed by atoms with Crippen molar-refractivity contribution in [1.29, 1.82) is 0 Å². The normalized spacial score (nSPS) is 12.0. The quantitative estimate of drug-likeness (QED) is 0.0261. The summed E-state index contributed by atoms with van der Waals surface area (Å²) in [6, 6.07) is 0. The van der Waals surface area contributed by atoms with Crippen molar-refractivity contribution in [3.8, 4) is 0 Å². The molecule has 0 rings (SSSR count). The molecule has 0 aromatic heterocycles. The summed E-state index contributed by atoms with van der Waals surface area (Å²) in [5.74, 6) is -0.820. The zero-order chi connectivity index (χ0) is 59.9. The van der Waals surface area contributed by atoms with E-state index in [0.717, 1.165) is 57.8 Å². The van der Waals surface area contributed by atoms with Crippen LogP contribution in [0.2, 0.25) is 0 Å². The zero-order valence-corrected chi connectivity index (χ0v) is 56.8. The molecule has 0 heterocycles. The summed E-state index contributed by atoms with van der Waals surface area (Å²) in [5, 5.41) is 0. The molecule has 1 atom stereocenters. The summed E-state index contributed by atoms with van der Waals surface area (Å²) in [6.07, 6.45) is 88.3. The molecule has 0 aromatic carbocycles. The molecule has 492 valence electrons. The van der Waals surface area contributed by atoms with Crippen LogP contribution in [0.3, 0.4) is 0 Å². The van der Waals surface area contributed by atoms with E-state index >= 15 is 0 Å². The molecule has 0 radical (unpaired) electrons. The number of allylic oxidation sites excluding steroid dienone is 2. The highest BCUT2D eigenvalue weighted by atomic mass is 16.6. The number of carbonyl (C=O) groups is 3. The van der Waals surface area contributed by atoms with Crippen LogP contribution in [0.1, 0.15) is 445 Å². The summed E-state index contributed by atoms with van der Waals surface area (Å²) >= 11 is 0. The van der Waals surface area contributed by atoms with E-state index in [-0.39, 0.29) is 31.1 Å². The Labute approximate surface area is 520 Å². The largest absolute Gasteiger partial charge is 0.462 e. The Morgan fingerprint density at radius 3 is 0.602 bits per heavy atom. The predicted octanol–water partition coefficient (Wildman–Crippen LogP) is 26.3. The van der Waals surface area contributed by atoms with Crippen LogP contribution in [0.5, 0.6) is 0 Å². The molecule has 0 bridgehead atoms. The van der Waals surface area contributed by atoms with Gasteiger partial charge in [0.2, 0.25) is 0 Å². The van der Waals surface area contributed by atoms with Crippen molar-refractivity contribution in [3.05, 3.63) is 12.2 Å². The van der Waals surface area contributed by atoms with E-state index < -0.39 is 6.10 Å². The lowest BCUT2D eigenvalue weighted by Gasteiger charge is -2.18. The Morgan fingerprint density at radius 2 is 0.398 bits per heavy atom. The molecule has 6 nitrogen and oxygen atoms in total. The van der Waals surface area contributed by atoms with Gasteiger partial charge in [-0.15, -0.1) is 0 Å². The number of rotatable bonds is 72. The van der Waals surface area contributed by atoms with E-state index in [1.807, 2.05) is 0 Å². The van der Waals surface area contributed by atoms with Crippen LogP contribution in [-0.4, -0.2) is 37.2 Å². The standard InChI is InChI=1S/C77H148O6/c1-4-7-10-13-16-19-22-25-28-30-32-34-36-37-38-39-41-42-44-46-49-52-55-58-61-64-67-70-76(79)82-73-74(72-81-75(78)69-66-63-60-57-54-51-48-27-24-21-18-15-12-9-6-3)83-77(80)71-68-65-62-59-56-53-50-47-45-43-40-35-33-31-29-26-23-20-17-14-11-8-5-2/h30,32,74H,4-29,31,33-73H2,1-3H3/b32-30-. The molecule has 0 aliphatic carbocycles. The van der Waals surface area contributed by atoms with Crippen molar-refractivity contribution in [2.45, 2.75) is 451 Å². The average molecular weight is 1170 g/mol. The van der Waals surface area contributed by atoms with Crippen molar-refractivity contribution in [3.63, 3.8) is 0 Å². The second kappa shape index (κ2) is 72.6. The molecule has 0 aromatic rings. The third kappa shape index (κ3) is 70.8. The highest BCUT2D eigenvalue weighted by Crippen LogP contribution is 2.20. The fourth-order valence-electron chi connectivity index (χ4n) is 12.0. The highest BCUT2D eigenvalue weighted by molar-refractivity contribution is 5.71. The van der Waals surface area contributed by atoms with Gasteiger partial charge >= 0.3 is 17.9 Å². The van der Waals surface area contributed by atoms with Gasteiger partial charge in [-0.05, 0) is 44.9 Å². The van der Waals surface area contributed by atoms with Crippen LogP contribution in [0.15, 0.2) is 12.2 Å². The summed E-state index contributed by atoms with van der Waals surface area (Å²) in [6.45, 7) is 6.75. The summed E-state index contributed by atoms with van der Waals surface area (Å²) in [5.41, 5.74) is 0. The first-order valence-electron chi connectivity index (χ1n) is 38.2. The minimum absolute atomic E-state index is 0.0618. The Morgan fingerprint density at radius 1 is 0.229 bits per heavy atom. The number of ether oxygens (including phenoxy) is 3. The Bertz CT molecular complexity index is 1300. The average Bonchev–Trinajstić information content (AvgIpc) is 3.49. The molecule has 0 aliphatic heterocycles. The molecule has 0 saturated heterocycles. The maximum atomic E-state index is 13.0. The van der Waals surface area contributed by atoms with Crippen molar-refractivity contribution in [2.24, 2.45) is 0 Å². The first kappa shape index (κ1) is 81.2. The van der Waals surface area contributed by atoms with E-state index in [9.17, 15) is 14.4 Å². The Hall–Kier alpha value is -1.85. The zero-order valence-electron chi connectivity index (χ0n) is 56.8. The molecule has 0 N–H and O–H groups in total. The lowest BCUT2D eigenvalue weighted by molar-refractivity contribution is -0.167. The minimum atomic E-state index is -0.766. The van der Waals surface area contributed by atoms with Crippen LogP contribution in [0.25, 0.3) is 0 Å². The fraction of sp³-hybridized carbons (Fsp3) is 0.935. The molecule has 0 fully saturated rings. The summed E-state index contributed by atoms with van der Waals surface area (Å²) < 4.78 is 17.1. The summed E-state index contributed by atoms with van der Waals surface area (Å²) in [7, 11) is 0. The van der Waals surface area contributed by atoms with Gasteiger partial charge in [0.25, 0.3) is 0 Å². The molecule has 0 spiro atoms. The monoisotopic (exact) mass is 1170 g/mol. The van der Waals surface area contributed by atoms with Crippen LogP contribution < -0.4 is 0 Å². The molecule has 6 heteroatoms. The first-order chi connectivity index (χ1) is 41.0. The second-order valence-corrected chi connectivity index (χ2v) is 26.3. The molecule has 0 amide bonds. The second-order valence-electron chi connectivity index (χ2n) is 26.3. The SMILES string of the molecule is CCCCCCCCCC/C=C\CCCCCCCCCCCCCCCCCC(=O)OCC(COC(=O)CCCCCCCCCCCCCCCCC)OC(=O)CCCCCCCCCCCCCCCCCCCCCCCCC. The van der Waals surface area contributed by atoms with Crippen molar-refractivity contribution >= 4 is 17.9 Å². The van der Waals surface area contributed by atoms with Crippen LogP contribution in [0.4, 0.5) is 0 Å². The molecular weight excluding hydrogens is 1020 g/mol. The van der Waals surface area contributed by atoms with Gasteiger partial charge in [-0.1, -0.05) is 392 Å². The van der Waals surface area contributed by atoms with Crippen LogP contribution in [0, 0.1) is 0 Å². The molecule has 0 aliphatic rings. The lowest BCUT2D eigenvalue weighted by atomic mass is 10.0. The maximum Gasteiger partial charge on any atom is 0.306 e.